The second kappa shape index (κ2) is 12.6. The van der Waals surface area contributed by atoms with Gasteiger partial charge in [0.2, 0.25) is 11.2 Å². The molecule has 0 aliphatic rings. The van der Waals surface area contributed by atoms with E-state index in [1.807, 2.05) is 60.7 Å². The van der Waals surface area contributed by atoms with Crippen LogP contribution in [0.2, 0.25) is 0 Å². The molecule has 44 heavy (non-hydrogen) atoms. The Morgan fingerprint density at radius 2 is 1.59 bits per heavy atom. The summed E-state index contributed by atoms with van der Waals surface area (Å²) >= 11 is 0. The highest BCUT2D eigenvalue weighted by Gasteiger charge is 2.26. The van der Waals surface area contributed by atoms with Crippen molar-refractivity contribution in [3.63, 3.8) is 0 Å². The summed E-state index contributed by atoms with van der Waals surface area (Å²) in [6.07, 6.45) is 1.18. The predicted molar refractivity (Wildman–Crippen MR) is 165 cm³/mol. The molecule has 0 saturated carbocycles. The number of aromatic amines is 1. The number of alkyl carbamates (subject to hydrolysis) is 1. The Kier molecular flexibility index (Phi) is 8.09. The van der Waals surface area contributed by atoms with E-state index in [4.69, 9.17) is 18.6 Å². The van der Waals surface area contributed by atoms with Crippen LogP contribution in [0.25, 0.3) is 21.9 Å². The van der Waals surface area contributed by atoms with Crippen LogP contribution in [0.3, 0.4) is 0 Å². The number of esters is 1. The van der Waals surface area contributed by atoms with Gasteiger partial charge in [0.1, 0.15) is 35.5 Å². The zero-order valence-corrected chi connectivity index (χ0v) is 23.7. The zero-order valence-electron chi connectivity index (χ0n) is 23.7. The number of amides is 1. The lowest BCUT2D eigenvalue weighted by Gasteiger charge is -2.18. The first-order valence-corrected chi connectivity index (χ1v) is 14.0. The lowest BCUT2D eigenvalue weighted by molar-refractivity contribution is -0.136. The first kappa shape index (κ1) is 28.3. The number of nitrogens with one attached hydrogen (secondary N) is 2. The fourth-order valence-electron chi connectivity index (χ4n) is 4.86. The Bertz CT molecular complexity index is 2000. The van der Waals surface area contributed by atoms with Crippen LogP contribution in [0.15, 0.2) is 119 Å². The molecule has 2 aromatic heterocycles. The summed E-state index contributed by atoms with van der Waals surface area (Å²) in [6, 6.07) is 29.2. The Hall–Kier alpha value is -5.83. The van der Waals surface area contributed by atoms with E-state index < -0.39 is 18.1 Å². The summed E-state index contributed by atoms with van der Waals surface area (Å²) in [4.78, 5) is 42.7. The van der Waals surface area contributed by atoms with E-state index in [0.29, 0.717) is 5.75 Å². The number of aromatic nitrogens is 1. The highest BCUT2D eigenvalue weighted by Crippen LogP contribution is 2.28. The third-order valence-corrected chi connectivity index (χ3v) is 7.06. The summed E-state index contributed by atoms with van der Waals surface area (Å²) in [6.45, 7) is 1.67. The molecule has 0 aliphatic carbocycles. The van der Waals surface area contributed by atoms with Gasteiger partial charge in [-0.15, -0.1) is 0 Å². The minimum absolute atomic E-state index is 0.0422. The second-order valence-corrected chi connectivity index (χ2v) is 10.1. The minimum Gasteiger partial charge on any atom is -0.457 e. The van der Waals surface area contributed by atoms with Crippen LogP contribution in [0.1, 0.15) is 16.9 Å². The fourth-order valence-corrected chi connectivity index (χ4v) is 4.86. The summed E-state index contributed by atoms with van der Waals surface area (Å²) in [7, 11) is 0. The summed E-state index contributed by atoms with van der Waals surface area (Å²) in [5.41, 5.74) is 2.39. The van der Waals surface area contributed by atoms with Gasteiger partial charge in [0.25, 0.3) is 0 Å². The van der Waals surface area contributed by atoms with E-state index in [2.05, 4.69) is 10.3 Å². The van der Waals surface area contributed by atoms with Crippen LogP contribution in [-0.4, -0.2) is 23.1 Å². The number of benzene rings is 4. The molecule has 0 bridgehead atoms. The number of carbonyl (C=O) groups excluding carboxylic acids is 2. The van der Waals surface area contributed by atoms with Crippen molar-refractivity contribution in [1.29, 1.82) is 0 Å². The average Bonchev–Trinajstić information content (AvgIpc) is 3.45. The van der Waals surface area contributed by atoms with Gasteiger partial charge in [0, 0.05) is 29.6 Å². The molecule has 0 fully saturated rings. The third kappa shape index (κ3) is 6.32. The molecular formula is C35H28N2O7. The molecule has 220 valence electrons. The quantitative estimate of drug-likeness (QED) is 0.141. The number of para-hydroxylation sites is 2. The Morgan fingerprint density at radius 3 is 2.39 bits per heavy atom. The van der Waals surface area contributed by atoms with Gasteiger partial charge in [-0.2, -0.15) is 0 Å². The topological polar surface area (TPSA) is 120 Å². The van der Waals surface area contributed by atoms with Gasteiger partial charge in [0.05, 0.1) is 5.39 Å². The molecule has 2 heterocycles. The summed E-state index contributed by atoms with van der Waals surface area (Å²) in [5.74, 6) is 0.281. The van der Waals surface area contributed by atoms with Crippen molar-refractivity contribution in [2.75, 3.05) is 0 Å². The van der Waals surface area contributed by atoms with E-state index in [1.54, 1.807) is 37.4 Å². The largest absolute Gasteiger partial charge is 0.457 e. The number of fused-ring (bicyclic) bond motifs is 2. The average molecular weight is 589 g/mol. The Balaban J connectivity index is 1.23. The first-order valence-electron chi connectivity index (χ1n) is 14.0. The number of hydrogen-bond acceptors (Lipinski definition) is 7. The van der Waals surface area contributed by atoms with E-state index in [1.165, 1.54) is 18.2 Å². The van der Waals surface area contributed by atoms with Crippen LogP contribution >= 0.6 is 0 Å². The number of H-pyrrole nitrogens is 1. The van der Waals surface area contributed by atoms with Gasteiger partial charge in [-0.1, -0.05) is 66.7 Å². The molecule has 6 aromatic rings. The van der Waals surface area contributed by atoms with Crippen molar-refractivity contribution in [3.8, 4) is 17.2 Å². The van der Waals surface area contributed by atoms with Crippen molar-refractivity contribution in [3.05, 3.63) is 136 Å². The number of rotatable bonds is 9. The molecule has 9 nitrogen and oxygen atoms in total. The Morgan fingerprint density at radius 1 is 0.864 bits per heavy atom. The van der Waals surface area contributed by atoms with Gasteiger partial charge < -0.3 is 28.9 Å². The highest BCUT2D eigenvalue weighted by atomic mass is 16.6. The fraction of sp³-hybridized carbons (Fsp3) is 0.114. The van der Waals surface area contributed by atoms with Crippen molar-refractivity contribution < 1.29 is 28.2 Å². The normalized spacial score (nSPS) is 11.7. The molecule has 2 N–H and O–H groups in total. The van der Waals surface area contributed by atoms with Crippen molar-refractivity contribution in [2.24, 2.45) is 0 Å². The van der Waals surface area contributed by atoms with Crippen LogP contribution in [0.5, 0.6) is 17.2 Å². The van der Waals surface area contributed by atoms with Crippen LogP contribution < -0.4 is 20.2 Å². The minimum atomic E-state index is -1.08. The van der Waals surface area contributed by atoms with Crippen molar-refractivity contribution in [2.45, 2.75) is 26.0 Å². The maximum Gasteiger partial charge on any atom is 0.408 e. The second-order valence-electron chi connectivity index (χ2n) is 10.1. The maximum atomic E-state index is 13.5. The number of hydrogen-bond donors (Lipinski definition) is 2. The lowest BCUT2D eigenvalue weighted by atomic mass is 10.1. The molecule has 1 atom stereocenters. The molecule has 9 heteroatoms. The van der Waals surface area contributed by atoms with Crippen LogP contribution in [0, 0.1) is 6.92 Å². The lowest BCUT2D eigenvalue weighted by Crippen LogP contribution is -2.44. The number of ether oxygens (including phenoxy) is 3. The van der Waals surface area contributed by atoms with Crippen LogP contribution in [0.4, 0.5) is 4.79 Å². The van der Waals surface area contributed by atoms with Gasteiger partial charge >= 0.3 is 12.1 Å². The molecule has 6 rings (SSSR count). The van der Waals surface area contributed by atoms with Gasteiger partial charge in [-0.25, -0.2) is 9.59 Å². The SMILES string of the molecule is Cc1oc2cc(OC(=O)[C@H](Cc3c[nH]c4ccccc34)NC(=O)OCc3ccccc3)ccc2c(=O)c1Oc1ccccc1. The monoisotopic (exact) mass is 588 g/mol. The van der Waals surface area contributed by atoms with Gasteiger partial charge in [-0.3, -0.25) is 4.79 Å². The molecule has 0 unspecified atom stereocenters. The third-order valence-electron chi connectivity index (χ3n) is 7.06. The predicted octanol–water partition coefficient (Wildman–Crippen LogP) is 6.82. The molecule has 0 spiro atoms. The number of aryl methyl sites for hydroxylation is 1. The van der Waals surface area contributed by atoms with Crippen molar-refractivity contribution >= 4 is 33.9 Å². The van der Waals surface area contributed by atoms with Gasteiger partial charge in [-0.05, 0) is 48.4 Å². The first-order chi connectivity index (χ1) is 21.4. The van der Waals surface area contributed by atoms with Crippen LogP contribution in [-0.2, 0) is 22.6 Å². The summed E-state index contributed by atoms with van der Waals surface area (Å²) in [5, 5.41) is 3.84. The molecule has 0 saturated heterocycles. The van der Waals surface area contributed by atoms with E-state index in [-0.39, 0.29) is 46.7 Å². The molecular weight excluding hydrogens is 560 g/mol. The molecule has 1 amide bonds. The Labute approximate surface area is 252 Å². The maximum absolute atomic E-state index is 13.5. The number of carbonyl (C=O) groups is 2. The van der Waals surface area contributed by atoms with E-state index in [0.717, 1.165) is 22.0 Å². The van der Waals surface area contributed by atoms with Gasteiger partial charge in [0.15, 0.2) is 0 Å². The van der Waals surface area contributed by atoms with E-state index in [9.17, 15) is 14.4 Å². The summed E-state index contributed by atoms with van der Waals surface area (Å²) < 4.78 is 22.8. The smallest absolute Gasteiger partial charge is 0.408 e. The molecule has 0 radical (unpaired) electrons. The molecule has 4 aromatic carbocycles. The standard InChI is InChI=1S/C35H28N2O7/c1-22-33(43-25-12-6-3-7-13-25)32(38)28-17-16-26(19-31(28)42-22)44-34(39)30(18-24-20-36-29-15-9-8-14-27(24)29)37-35(40)41-21-23-10-4-2-5-11-23/h2-17,19-20,30,36H,18,21H2,1H3,(H,37,40)/t30-/m0/s1. The molecule has 0 aliphatic heterocycles. The highest BCUT2D eigenvalue weighted by molar-refractivity contribution is 5.87. The zero-order chi connectivity index (χ0) is 30.5. The van der Waals surface area contributed by atoms with E-state index >= 15 is 0 Å². The van der Waals surface area contributed by atoms with Crippen molar-refractivity contribution in [1.82, 2.24) is 10.3 Å².